The SMILES string of the molecule is Cc1cc(-n2ccc3c(c(N)cn3C)c2=O)nn1C.Cl. The number of nitrogens with zero attached hydrogens (tertiary/aromatic N) is 4. The second-order valence-corrected chi connectivity index (χ2v) is 4.71. The van der Waals surface area contributed by atoms with Crippen LogP contribution in [0.5, 0.6) is 0 Å². The molecule has 0 saturated carbocycles. The number of halogens is 1. The lowest BCUT2D eigenvalue weighted by atomic mass is 10.3. The zero-order chi connectivity index (χ0) is 13.7. The van der Waals surface area contributed by atoms with E-state index in [1.54, 1.807) is 17.1 Å². The number of fused-ring (bicyclic) bond motifs is 1. The maximum atomic E-state index is 12.5. The highest BCUT2D eigenvalue weighted by atomic mass is 35.5. The molecule has 0 saturated heterocycles. The molecule has 0 atom stereocenters. The van der Waals surface area contributed by atoms with Crippen LogP contribution < -0.4 is 11.3 Å². The third-order valence-electron chi connectivity index (χ3n) is 3.42. The van der Waals surface area contributed by atoms with Gasteiger partial charge in [0.05, 0.1) is 16.6 Å². The topological polar surface area (TPSA) is 70.8 Å². The molecule has 0 bridgehead atoms. The molecule has 0 unspecified atom stereocenters. The van der Waals surface area contributed by atoms with Crippen LogP contribution in [0.1, 0.15) is 5.69 Å². The van der Waals surface area contributed by atoms with E-state index in [1.165, 1.54) is 4.57 Å². The number of aryl methyl sites for hydroxylation is 3. The van der Waals surface area contributed by atoms with E-state index >= 15 is 0 Å². The van der Waals surface area contributed by atoms with Gasteiger partial charge in [-0.3, -0.25) is 14.0 Å². The van der Waals surface area contributed by atoms with Crippen LogP contribution in [0.4, 0.5) is 5.69 Å². The molecule has 0 aliphatic carbocycles. The highest BCUT2D eigenvalue weighted by molar-refractivity contribution is 5.91. The van der Waals surface area contributed by atoms with Crippen molar-refractivity contribution in [1.82, 2.24) is 18.9 Å². The lowest BCUT2D eigenvalue weighted by Gasteiger charge is -2.02. The van der Waals surface area contributed by atoms with Crippen molar-refractivity contribution in [3.05, 3.63) is 40.6 Å². The third kappa shape index (κ3) is 1.89. The van der Waals surface area contributed by atoms with Gasteiger partial charge in [-0.25, -0.2) is 0 Å². The number of nitrogen functional groups attached to an aromatic ring is 1. The van der Waals surface area contributed by atoms with Gasteiger partial charge in [-0.05, 0) is 13.0 Å². The number of pyridine rings is 1. The fourth-order valence-corrected chi connectivity index (χ4v) is 2.27. The highest BCUT2D eigenvalue weighted by Gasteiger charge is 2.12. The average Bonchev–Trinajstić information content (AvgIpc) is 2.82. The largest absolute Gasteiger partial charge is 0.397 e. The maximum absolute atomic E-state index is 12.5. The zero-order valence-electron chi connectivity index (χ0n) is 11.5. The second-order valence-electron chi connectivity index (χ2n) is 4.71. The van der Waals surface area contributed by atoms with Crippen LogP contribution in [0.25, 0.3) is 16.7 Å². The van der Waals surface area contributed by atoms with Gasteiger partial charge in [0.1, 0.15) is 0 Å². The van der Waals surface area contributed by atoms with Crippen molar-refractivity contribution in [2.24, 2.45) is 14.1 Å². The molecular formula is C13H16ClN5O. The molecular weight excluding hydrogens is 278 g/mol. The lowest BCUT2D eigenvalue weighted by Crippen LogP contribution is -2.18. The van der Waals surface area contributed by atoms with Crippen LogP contribution in [-0.4, -0.2) is 18.9 Å². The summed E-state index contributed by atoms with van der Waals surface area (Å²) in [6.07, 6.45) is 3.48. The van der Waals surface area contributed by atoms with Crippen LogP contribution in [0.15, 0.2) is 29.3 Å². The van der Waals surface area contributed by atoms with Crippen LogP contribution in [0.3, 0.4) is 0 Å². The van der Waals surface area contributed by atoms with Gasteiger partial charge in [-0.2, -0.15) is 5.10 Å². The Morgan fingerprint density at radius 1 is 1.30 bits per heavy atom. The van der Waals surface area contributed by atoms with Crippen molar-refractivity contribution in [2.45, 2.75) is 6.92 Å². The van der Waals surface area contributed by atoms with Crippen molar-refractivity contribution in [3.8, 4) is 5.82 Å². The fourth-order valence-electron chi connectivity index (χ4n) is 2.27. The molecule has 0 radical (unpaired) electrons. The highest BCUT2D eigenvalue weighted by Crippen LogP contribution is 2.19. The predicted molar refractivity (Wildman–Crippen MR) is 81.7 cm³/mol. The van der Waals surface area contributed by atoms with Gasteiger partial charge in [-0.15, -0.1) is 12.4 Å². The van der Waals surface area contributed by atoms with Gasteiger partial charge in [-0.1, -0.05) is 0 Å². The maximum Gasteiger partial charge on any atom is 0.267 e. The number of nitrogens with two attached hydrogens (primary N) is 1. The van der Waals surface area contributed by atoms with Crippen LogP contribution in [0, 0.1) is 6.92 Å². The fraction of sp³-hybridized carbons (Fsp3) is 0.231. The molecule has 0 aromatic carbocycles. The van der Waals surface area contributed by atoms with Gasteiger partial charge < -0.3 is 10.3 Å². The molecule has 0 spiro atoms. The summed E-state index contributed by atoms with van der Waals surface area (Å²) in [6, 6.07) is 3.74. The summed E-state index contributed by atoms with van der Waals surface area (Å²) in [4.78, 5) is 12.5. The number of hydrogen-bond acceptors (Lipinski definition) is 3. The molecule has 3 aromatic rings. The predicted octanol–water partition coefficient (Wildman–Crippen LogP) is 1.38. The molecule has 3 rings (SSSR count). The van der Waals surface area contributed by atoms with E-state index in [-0.39, 0.29) is 18.0 Å². The van der Waals surface area contributed by atoms with E-state index < -0.39 is 0 Å². The molecule has 0 aliphatic heterocycles. The number of anilines is 1. The standard InChI is InChI=1S/C13H15N5O.ClH/c1-8-6-11(15-17(8)3)18-5-4-10-12(13(18)19)9(14)7-16(10)2;/h4-7H,14H2,1-3H3;1H. The first-order chi connectivity index (χ1) is 8.99. The number of rotatable bonds is 1. The smallest absolute Gasteiger partial charge is 0.267 e. The number of aromatic nitrogens is 4. The van der Waals surface area contributed by atoms with E-state index in [0.717, 1.165) is 11.2 Å². The third-order valence-corrected chi connectivity index (χ3v) is 3.42. The van der Waals surface area contributed by atoms with Crippen molar-refractivity contribution in [1.29, 1.82) is 0 Å². The van der Waals surface area contributed by atoms with Gasteiger partial charge in [0.2, 0.25) is 0 Å². The average molecular weight is 294 g/mol. The van der Waals surface area contributed by atoms with Crippen molar-refractivity contribution in [2.75, 3.05) is 5.73 Å². The molecule has 20 heavy (non-hydrogen) atoms. The molecule has 0 fully saturated rings. The minimum Gasteiger partial charge on any atom is -0.397 e. The second kappa shape index (κ2) is 4.72. The Morgan fingerprint density at radius 3 is 2.60 bits per heavy atom. The van der Waals surface area contributed by atoms with E-state index in [2.05, 4.69) is 5.10 Å². The molecule has 3 aromatic heterocycles. The van der Waals surface area contributed by atoms with Gasteiger partial charge in [0.15, 0.2) is 5.82 Å². The van der Waals surface area contributed by atoms with Crippen molar-refractivity contribution < 1.29 is 0 Å². The normalized spacial score (nSPS) is 10.8. The van der Waals surface area contributed by atoms with Crippen LogP contribution in [-0.2, 0) is 14.1 Å². The Bertz CT molecular complexity index is 823. The van der Waals surface area contributed by atoms with E-state index in [1.807, 2.05) is 37.7 Å². The number of hydrogen-bond donors (Lipinski definition) is 1. The summed E-state index contributed by atoms with van der Waals surface area (Å²) in [6.45, 7) is 1.94. The summed E-state index contributed by atoms with van der Waals surface area (Å²) in [7, 11) is 3.71. The summed E-state index contributed by atoms with van der Waals surface area (Å²) < 4.78 is 5.10. The van der Waals surface area contributed by atoms with E-state index in [4.69, 9.17) is 5.73 Å². The quantitative estimate of drug-likeness (QED) is 0.737. The Kier molecular flexibility index (Phi) is 3.35. The summed E-state index contributed by atoms with van der Waals surface area (Å²) >= 11 is 0. The Balaban J connectivity index is 0.00000147. The Morgan fingerprint density at radius 2 is 2.00 bits per heavy atom. The zero-order valence-corrected chi connectivity index (χ0v) is 12.3. The summed E-state index contributed by atoms with van der Waals surface area (Å²) in [5.74, 6) is 0.607. The van der Waals surface area contributed by atoms with Gasteiger partial charge in [0, 0.05) is 38.2 Å². The summed E-state index contributed by atoms with van der Waals surface area (Å²) in [5, 5.41) is 4.85. The van der Waals surface area contributed by atoms with Crippen molar-refractivity contribution >= 4 is 29.0 Å². The van der Waals surface area contributed by atoms with Crippen LogP contribution >= 0.6 is 12.4 Å². The first kappa shape index (κ1) is 14.2. The molecule has 7 heteroatoms. The molecule has 0 aliphatic rings. The molecule has 0 amide bonds. The van der Waals surface area contributed by atoms with E-state index in [9.17, 15) is 4.79 Å². The minimum atomic E-state index is -0.145. The first-order valence-electron chi connectivity index (χ1n) is 5.96. The van der Waals surface area contributed by atoms with Gasteiger partial charge in [0.25, 0.3) is 5.56 Å². The van der Waals surface area contributed by atoms with Crippen molar-refractivity contribution in [3.63, 3.8) is 0 Å². The Labute approximate surface area is 121 Å². The van der Waals surface area contributed by atoms with E-state index in [0.29, 0.717) is 16.9 Å². The molecule has 106 valence electrons. The molecule has 3 heterocycles. The monoisotopic (exact) mass is 293 g/mol. The first-order valence-corrected chi connectivity index (χ1v) is 5.96. The molecule has 6 nitrogen and oxygen atoms in total. The lowest BCUT2D eigenvalue weighted by molar-refractivity contribution is 0.725. The summed E-state index contributed by atoms with van der Waals surface area (Å²) in [5.41, 5.74) is 8.06. The Hall–Kier alpha value is -2.21. The minimum absolute atomic E-state index is 0. The van der Waals surface area contributed by atoms with Crippen LogP contribution in [0.2, 0.25) is 0 Å². The molecule has 2 N–H and O–H groups in total. The van der Waals surface area contributed by atoms with Gasteiger partial charge >= 0.3 is 0 Å².